The lowest BCUT2D eigenvalue weighted by Crippen LogP contribution is -2.08. The highest BCUT2D eigenvalue weighted by Gasteiger charge is 2.36. The quantitative estimate of drug-likeness (QED) is 0.166. The van der Waals surface area contributed by atoms with Gasteiger partial charge in [-0.3, -0.25) is 0 Å². The van der Waals surface area contributed by atoms with E-state index >= 15 is 0 Å². The van der Waals surface area contributed by atoms with Crippen molar-refractivity contribution in [1.29, 1.82) is 10.5 Å². The van der Waals surface area contributed by atoms with Gasteiger partial charge in [0.25, 0.3) is 0 Å². The molecule has 13 heteroatoms. The summed E-state index contributed by atoms with van der Waals surface area (Å²) in [5, 5.41) is 21.2. The molecule has 9 aromatic rings. The number of benzene rings is 7. The Hall–Kier alpha value is -7.51. The smallest absolute Gasteiger partial charge is 0.309 e. The fourth-order valence-electron chi connectivity index (χ4n) is 8.06. The average Bonchev–Trinajstić information content (AvgIpc) is 3.74. The van der Waals surface area contributed by atoms with Gasteiger partial charge in [0.15, 0.2) is 0 Å². The lowest BCUT2D eigenvalue weighted by molar-refractivity contribution is -0.138. The largest absolute Gasteiger partial charge is 0.417 e. The second-order valence-electron chi connectivity index (χ2n) is 14.1. The molecule has 60 heavy (non-hydrogen) atoms. The first-order valence-electron chi connectivity index (χ1n) is 18.1. The van der Waals surface area contributed by atoms with Gasteiger partial charge in [0.05, 0.1) is 67.7 Å². The van der Waals surface area contributed by atoms with Gasteiger partial charge in [0, 0.05) is 32.8 Å². The Labute approximate surface area is 333 Å². The number of nitrogens with zero attached hydrogens (tertiary/aromatic N) is 4. The molecule has 0 aliphatic rings. The van der Waals surface area contributed by atoms with Crippen LogP contribution >= 0.6 is 0 Å². The first-order valence-corrected chi connectivity index (χ1v) is 18.1. The van der Waals surface area contributed by atoms with Gasteiger partial charge in [-0.05, 0) is 108 Å². The van der Waals surface area contributed by atoms with Crippen LogP contribution in [0.1, 0.15) is 27.8 Å². The third-order valence-corrected chi connectivity index (χ3v) is 10.7. The molecule has 7 aromatic carbocycles. The van der Waals surface area contributed by atoms with E-state index in [4.69, 9.17) is 0 Å². The van der Waals surface area contributed by atoms with Crippen molar-refractivity contribution in [1.82, 2.24) is 9.13 Å². The third-order valence-electron chi connectivity index (χ3n) is 10.7. The van der Waals surface area contributed by atoms with Crippen LogP contribution in [0, 0.1) is 22.7 Å². The Morgan fingerprint density at radius 2 is 0.883 bits per heavy atom. The van der Waals surface area contributed by atoms with E-state index in [1.165, 1.54) is 48.5 Å². The lowest BCUT2D eigenvalue weighted by atomic mass is 9.89. The van der Waals surface area contributed by atoms with Crippen molar-refractivity contribution >= 4 is 43.6 Å². The van der Waals surface area contributed by atoms with Crippen LogP contribution in [-0.2, 0) is 18.5 Å². The van der Waals surface area contributed by atoms with E-state index in [1.807, 2.05) is 0 Å². The molecule has 2 heterocycles. The van der Waals surface area contributed by atoms with Gasteiger partial charge in [-0.1, -0.05) is 48.5 Å². The predicted octanol–water partition coefficient (Wildman–Crippen LogP) is 14.0. The molecule has 0 saturated heterocycles. The second kappa shape index (κ2) is 13.5. The first-order chi connectivity index (χ1) is 28.6. The maximum absolute atomic E-state index is 14.9. The Kier molecular flexibility index (Phi) is 8.58. The molecule has 0 amide bonds. The maximum Gasteiger partial charge on any atom is 0.417 e. The van der Waals surface area contributed by atoms with E-state index in [-0.39, 0.29) is 44.2 Å². The summed E-state index contributed by atoms with van der Waals surface area (Å²) in [7, 11) is 0. The minimum absolute atomic E-state index is 0.0205. The van der Waals surface area contributed by atoms with E-state index in [1.54, 1.807) is 75.9 Å². The third kappa shape index (κ3) is 6.18. The van der Waals surface area contributed by atoms with Crippen LogP contribution in [0.2, 0.25) is 0 Å². The molecule has 0 aliphatic heterocycles. The molecule has 0 bridgehead atoms. The van der Waals surface area contributed by atoms with Crippen LogP contribution in [0.25, 0.3) is 77.2 Å². The van der Waals surface area contributed by atoms with E-state index in [2.05, 4.69) is 6.07 Å². The normalized spacial score (nSPS) is 12.4. The summed E-state index contributed by atoms with van der Waals surface area (Å²) in [5.74, 6) is 0. The van der Waals surface area contributed by atoms with E-state index < -0.39 is 35.2 Å². The summed E-state index contributed by atoms with van der Waals surface area (Å²) in [6, 6.07) is 36.1. The number of fused-ring (bicyclic) bond motifs is 6. The number of para-hydroxylation sites is 2. The van der Waals surface area contributed by atoms with Crippen LogP contribution in [0.3, 0.4) is 0 Å². The fourth-order valence-corrected chi connectivity index (χ4v) is 8.06. The zero-order valence-corrected chi connectivity index (χ0v) is 30.5. The Morgan fingerprint density at radius 3 is 1.45 bits per heavy atom. The number of nitriles is 2. The minimum atomic E-state index is -4.94. The van der Waals surface area contributed by atoms with E-state index in [0.717, 1.165) is 30.3 Å². The standard InChI is InChI=1S/C47H23F9N4/c48-45(49,50)28-11-17-42-37(21-28)33-5-1-3-7-40(33)59(42)30-13-15-31(32-14-9-27(25-58)20-39(32)47(54,55)56)35(23-30)36-19-26(24-57)10-16-43(36)60-41-8-4-2-6-34(41)38-22-29(46(51,52)53)12-18-44(38)60/h1-23H. The van der Waals surface area contributed by atoms with E-state index in [0.29, 0.717) is 44.2 Å². The molecule has 0 atom stereocenters. The summed E-state index contributed by atoms with van der Waals surface area (Å²) in [6.45, 7) is 0. The van der Waals surface area contributed by atoms with Crippen molar-refractivity contribution in [3.63, 3.8) is 0 Å². The second-order valence-corrected chi connectivity index (χ2v) is 14.1. The van der Waals surface area contributed by atoms with Gasteiger partial charge in [0.1, 0.15) is 0 Å². The van der Waals surface area contributed by atoms with Crippen LogP contribution in [0.15, 0.2) is 140 Å². The van der Waals surface area contributed by atoms with Gasteiger partial charge in [-0.15, -0.1) is 0 Å². The maximum atomic E-state index is 14.9. The molecular weight excluding hydrogens is 792 g/mol. The zero-order valence-electron chi connectivity index (χ0n) is 30.5. The molecule has 0 fully saturated rings. The SMILES string of the molecule is N#Cc1ccc(-n2c3ccccc3c3cc(C(F)(F)F)ccc32)c(-c2cc(-n3c4ccccc4c4cc(C(F)(F)F)ccc43)ccc2-c2ccc(C#N)cc2C(F)(F)F)c1. The van der Waals surface area contributed by atoms with Crippen molar-refractivity contribution in [2.24, 2.45) is 0 Å². The number of alkyl halides is 9. The van der Waals surface area contributed by atoms with Gasteiger partial charge in [0.2, 0.25) is 0 Å². The van der Waals surface area contributed by atoms with Gasteiger partial charge in [-0.2, -0.15) is 50.0 Å². The van der Waals surface area contributed by atoms with Crippen molar-refractivity contribution in [2.45, 2.75) is 18.5 Å². The van der Waals surface area contributed by atoms with Crippen LogP contribution < -0.4 is 0 Å². The number of rotatable bonds is 4. The average molecular weight is 815 g/mol. The van der Waals surface area contributed by atoms with Crippen LogP contribution in [0.5, 0.6) is 0 Å². The molecule has 0 radical (unpaired) electrons. The summed E-state index contributed by atoms with van der Waals surface area (Å²) >= 11 is 0. The molecular formula is C47H23F9N4. The van der Waals surface area contributed by atoms with Crippen molar-refractivity contribution in [2.75, 3.05) is 0 Å². The molecule has 2 aromatic heterocycles. The summed E-state index contributed by atoms with van der Waals surface area (Å²) in [5.41, 5.74) is -0.651. The highest BCUT2D eigenvalue weighted by Crippen LogP contribution is 2.46. The number of halogens is 9. The molecule has 0 spiro atoms. The van der Waals surface area contributed by atoms with E-state index in [9.17, 15) is 50.0 Å². The van der Waals surface area contributed by atoms with Crippen LogP contribution in [-0.4, -0.2) is 9.13 Å². The predicted molar refractivity (Wildman–Crippen MR) is 210 cm³/mol. The van der Waals surface area contributed by atoms with Gasteiger partial charge >= 0.3 is 18.5 Å². The van der Waals surface area contributed by atoms with Crippen molar-refractivity contribution in [3.05, 3.63) is 167 Å². The summed E-state index contributed by atoms with van der Waals surface area (Å²) < 4.78 is 132. The van der Waals surface area contributed by atoms with Crippen LogP contribution in [0.4, 0.5) is 39.5 Å². The topological polar surface area (TPSA) is 57.4 Å². The number of hydrogen-bond acceptors (Lipinski definition) is 2. The Bertz CT molecular complexity index is 3310. The van der Waals surface area contributed by atoms with Gasteiger partial charge in [-0.25, -0.2) is 0 Å². The highest BCUT2D eigenvalue weighted by molar-refractivity contribution is 6.11. The Balaban J connectivity index is 1.41. The number of aromatic nitrogens is 2. The molecule has 0 unspecified atom stereocenters. The first kappa shape index (κ1) is 38.0. The van der Waals surface area contributed by atoms with Crippen molar-refractivity contribution in [3.8, 4) is 45.8 Å². The number of hydrogen-bond donors (Lipinski definition) is 0. The Morgan fingerprint density at radius 1 is 0.383 bits per heavy atom. The lowest BCUT2D eigenvalue weighted by Gasteiger charge is -2.21. The molecule has 9 rings (SSSR count). The summed E-state index contributed by atoms with van der Waals surface area (Å²) in [4.78, 5) is 0. The van der Waals surface area contributed by atoms with Crippen molar-refractivity contribution < 1.29 is 39.5 Å². The molecule has 294 valence electrons. The molecule has 0 saturated carbocycles. The molecule has 4 nitrogen and oxygen atoms in total. The minimum Gasteiger partial charge on any atom is -0.309 e. The monoisotopic (exact) mass is 814 g/mol. The highest BCUT2D eigenvalue weighted by atomic mass is 19.4. The molecule has 0 N–H and O–H groups in total. The summed E-state index contributed by atoms with van der Waals surface area (Å²) in [6.07, 6.45) is -14.3. The fraction of sp³-hybridized carbons (Fsp3) is 0.0638. The molecule has 0 aliphatic carbocycles. The zero-order chi connectivity index (χ0) is 42.3. The van der Waals surface area contributed by atoms with Gasteiger partial charge < -0.3 is 9.13 Å².